The summed E-state index contributed by atoms with van der Waals surface area (Å²) in [7, 11) is 0. The highest BCUT2D eigenvalue weighted by atomic mass is 16.4. The molecule has 0 unspecified atom stereocenters. The van der Waals surface area contributed by atoms with E-state index in [1.54, 1.807) is 13.0 Å². The third-order valence-corrected chi connectivity index (χ3v) is 4.08. The van der Waals surface area contributed by atoms with E-state index in [9.17, 15) is 4.79 Å². The van der Waals surface area contributed by atoms with E-state index >= 15 is 0 Å². The van der Waals surface area contributed by atoms with Crippen LogP contribution < -0.4 is 10.9 Å². The van der Waals surface area contributed by atoms with Crippen LogP contribution in [0.5, 0.6) is 0 Å². The van der Waals surface area contributed by atoms with Gasteiger partial charge in [-0.2, -0.15) is 0 Å². The molecule has 0 atom stereocenters. The van der Waals surface area contributed by atoms with Crippen molar-refractivity contribution in [1.82, 2.24) is 9.97 Å². The highest BCUT2D eigenvalue weighted by Crippen LogP contribution is 2.25. The molecule has 0 aliphatic rings. The van der Waals surface area contributed by atoms with Gasteiger partial charge in [0.25, 0.3) is 0 Å². The molecule has 0 radical (unpaired) electrons. The number of nitrogens with zero attached hydrogens (tertiary/aromatic N) is 2. The Hall–Kier alpha value is -3.47. The van der Waals surface area contributed by atoms with Gasteiger partial charge in [0, 0.05) is 18.2 Å². The van der Waals surface area contributed by atoms with E-state index < -0.39 is 5.63 Å². The number of hydrogen-bond acceptors (Lipinski definition) is 5. The van der Waals surface area contributed by atoms with Crippen LogP contribution in [-0.2, 0) is 6.54 Å². The van der Waals surface area contributed by atoms with Gasteiger partial charge in [-0.05, 0) is 12.5 Å². The Labute approximate surface area is 150 Å². The van der Waals surface area contributed by atoms with Gasteiger partial charge in [0.15, 0.2) is 0 Å². The highest BCUT2D eigenvalue weighted by molar-refractivity contribution is 5.92. The average Bonchev–Trinajstić information content (AvgIpc) is 2.67. The minimum absolute atomic E-state index is 0.395. The van der Waals surface area contributed by atoms with Gasteiger partial charge >= 0.3 is 5.63 Å². The Morgan fingerprint density at radius 1 is 0.962 bits per heavy atom. The topological polar surface area (TPSA) is 68.0 Å². The van der Waals surface area contributed by atoms with Crippen molar-refractivity contribution in [2.24, 2.45) is 0 Å². The molecule has 2 aromatic heterocycles. The molecule has 0 spiro atoms. The summed E-state index contributed by atoms with van der Waals surface area (Å²) in [5.74, 6) is 0.999. The van der Waals surface area contributed by atoms with Crippen LogP contribution in [0.25, 0.3) is 22.2 Å². The fourth-order valence-corrected chi connectivity index (χ4v) is 2.86. The standard InChI is InChI=1S/C21H17N3O2/c1-14-12-17-18(20(25)26-14)19(16-10-6-3-7-11-16)24-21(23-17)22-13-15-8-4-2-5-9-15/h2-12H,13H2,1H3,(H,22,23,24). The second-order valence-corrected chi connectivity index (χ2v) is 6.01. The third kappa shape index (κ3) is 3.19. The Balaban J connectivity index is 1.83. The molecule has 26 heavy (non-hydrogen) atoms. The first kappa shape index (κ1) is 16.0. The van der Waals surface area contributed by atoms with E-state index in [0.717, 1.165) is 11.1 Å². The van der Waals surface area contributed by atoms with Crippen LogP contribution >= 0.6 is 0 Å². The van der Waals surface area contributed by atoms with Crippen LogP contribution in [0.15, 0.2) is 75.9 Å². The van der Waals surface area contributed by atoms with Gasteiger partial charge in [-0.1, -0.05) is 60.7 Å². The fraction of sp³-hybridized carbons (Fsp3) is 0.0952. The smallest absolute Gasteiger partial charge is 0.347 e. The Morgan fingerprint density at radius 3 is 2.38 bits per heavy atom. The maximum atomic E-state index is 12.4. The van der Waals surface area contributed by atoms with Crippen molar-refractivity contribution in [3.8, 4) is 11.3 Å². The summed E-state index contributed by atoms with van der Waals surface area (Å²) in [5, 5.41) is 3.64. The minimum Gasteiger partial charge on any atom is -0.428 e. The Kier molecular flexibility index (Phi) is 4.19. The fourth-order valence-electron chi connectivity index (χ4n) is 2.86. The van der Waals surface area contributed by atoms with Crippen LogP contribution in [0.2, 0.25) is 0 Å². The summed E-state index contributed by atoms with van der Waals surface area (Å²) in [4.78, 5) is 21.5. The zero-order valence-electron chi connectivity index (χ0n) is 14.3. The lowest BCUT2D eigenvalue weighted by Crippen LogP contribution is -2.09. The molecule has 128 valence electrons. The van der Waals surface area contributed by atoms with Crippen molar-refractivity contribution >= 4 is 16.9 Å². The average molecular weight is 343 g/mol. The molecule has 4 rings (SSSR count). The maximum absolute atomic E-state index is 12.4. The first-order chi connectivity index (χ1) is 12.7. The summed E-state index contributed by atoms with van der Waals surface area (Å²) in [6, 6.07) is 21.4. The molecule has 0 aliphatic carbocycles. The maximum Gasteiger partial charge on any atom is 0.347 e. The van der Waals surface area contributed by atoms with Crippen LogP contribution in [0.3, 0.4) is 0 Å². The predicted molar refractivity (Wildman–Crippen MR) is 102 cm³/mol. The summed E-state index contributed by atoms with van der Waals surface area (Å²) in [6.45, 7) is 2.34. The number of rotatable bonds is 4. The van der Waals surface area contributed by atoms with Crippen molar-refractivity contribution in [3.05, 3.63) is 88.5 Å². The molecule has 2 heterocycles. The Bertz CT molecular complexity index is 1110. The number of aromatic nitrogens is 2. The molecule has 5 nitrogen and oxygen atoms in total. The van der Waals surface area contributed by atoms with E-state index in [4.69, 9.17) is 4.42 Å². The lowest BCUT2D eigenvalue weighted by molar-refractivity contribution is 0.488. The zero-order chi connectivity index (χ0) is 17.9. The molecular formula is C21H17N3O2. The zero-order valence-corrected chi connectivity index (χ0v) is 14.3. The van der Waals surface area contributed by atoms with Gasteiger partial charge in [-0.15, -0.1) is 0 Å². The van der Waals surface area contributed by atoms with Gasteiger partial charge in [-0.25, -0.2) is 14.8 Å². The van der Waals surface area contributed by atoms with Crippen molar-refractivity contribution < 1.29 is 4.42 Å². The number of aryl methyl sites for hydroxylation is 1. The number of hydrogen-bond donors (Lipinski definition) is 1. The van der Waals surface area contributed by atoms with Crippen LogP contribution in [0.4, 0.5) is 5.95 Å². The molecule has 0 saturated heterocycles. The number of benzene rings is 2. The third-order valence-electron chi connectivity index (χ3n) is 4.08. The predicted octanol–water partition coefficient (Wildman–Crippen LogP) is 4.17. The van der Waals surface area contributed by atoms with Gasteiger partial charge in [0.2, 0.25) is 5.95 Å². The lowest BCUT2D eigenvalue weighted by atomic mass is 10.1. The lowest BCUT2D eigenvalue weighted by Gasteiger charge is -2.10. The summed E-state index contributed by atoms with van der Waals surface area (Å²) in [6.07, 6.45) is 0. The van der Waals surface area contributed by atoms with Crippen molar-refractivity contribution in [1.29, 1.82) is 0 Å². The minimum atomic E-state index is -0.423. The molecule has 4 aromatic rings. The van der Waals surface area contributed by atoms with E-state index in [-0.39, 0.29) is 0 Å². The highest BCUT2D eigenvalue weighted by Gasteiger charge is 2.14. The van der Waals surface area contributed by atoms with E-state index in [0.29, 0.717) is 34.9 Å². The Morgan fingerprint density at radius 2 is 1.65 bits per heavy atom. The van der Waals surface area contributed by atoms with Crippen LogP contribution in [0.1, 0.15) is 11.3 Å². The normalized spacial score (nSPS) is 10.8. The van der Waals surface area contributed by atoms with Crippen LogP contribution in [0, 0.1) is 6.92 Å². The molecule has 0 saturated carbocycles. The van der Waals surface area contributed by atoms with Gasteiger partial charge in [-0.3, -0.25) is 0 Å². The molecule has 0 aliphatic heterocycles. The van der Waals surface area contributed by atoms with Crippen molar-refractivity contribution in [2.45, 2.75) is 13.5 Å². The molecule has 0 bridgehead atoms. The summed E-state index contributed by atoms with van der Waals surface area (Å²) in [5.41, 5.74) is 2.69. The second kappa shape index (κ2) is 6.80. The van der Waals surface area contributed by atoms with E-state index in [2.05, 4.69) is 15.3 Å². The quantitative estimate of drug-likeness (QED) is 0.602. The monoisotopic (exact) mass is 343 g/mol. The van der Waals surface area contributed by atoms with Gasteiger partial charge in [0.1, 0.15) is 11.1 Å². The molecule has 2 aromatic carbocycles. The summed E-state index contributed by atoms with van der Waals surface area (Å²) >= 11 is 0. The molecule has 0 fully saturated rings. The largest absolute Gasteiger partial charge is 0.428 e. The number of anilines is 1. The van der Waals surface area contributed by atoms with Gasteiger partial charge < -0.3 is 9.73 Å². The van der Waals surface area contributed by atoms with Crippen LogP contribution in [-0.4, -0.2) is 9.97 Å². The molecule has 0 amide bonds. The second-order valence-electron chi connectivity index (χ2n) is 6.01. The first-order valence-corrected chi connectivity index (χ1v) is 8.36. The summed E-state index contributed by atoms with van der Waals surface area (Å²) < 4.78 is 5.27. The van der Waals surface area contributed by atoms with E-state index in [1.807, 2.05) is 60.7 Å². The number of fused-ring (bicyclic) bond motifs is 1. The molecule has 1 N–H and O–H groups in total. The molecule has 5 heteroatoms. The first-order valence-electron chi connectivity index (χ1n) is 8.36. The van der Waals surface area contributed by atoms with E-state index in [1.165, 1.54) is 0 Å². The number of nitrogens with one attached hydrogen (secondary N) is 1. The van der Waals surface area contributed by atoms with Crippen molar-refractivity contribution in [3.63, 3.8) is 0 Å². The molecular weight excluding hydrogens is 326 g/mol. The van der Waals surface area contributed by atoms with Gasteiger partial charge in [0.05, 0.1) is 11.2 Å². The van der Waals surface area contributed by atoms with Crippen molar-refractivity contribution in [2.75, 3.05) is 5.32 Å². The SMILES string of the molecule is Cc1cc2nc(NCc3ccccc3)nc(-c3ccccc3)c2c(=O)o1.